The van der Waals surface area contributed by atoms with Gasteiger partial charge in [-0.1, -0.05) is 12.5 Å². The van der Waals surface area contributed by atoms with Gasteiger partial charge in [0, 0.05) is 23.8 Å². The number of carbonyl (C=O) groups is 1. The van der Waals surface area contributed by atoms with Gasteiger partial charge in [-0.2, -0.15) is 0 Å². The molecule has 0 unspecified atom stereocenters. The Morgan fingerprint density at radius 3 is 2.52 bits per heavy atom. The summed E-state index contributed by atoms with van der Waals surface area (Å²) < 4.78 is 28.2. The molecule has 0 spiro atoms. The Kier molecular flexibility index (Phi) is 4.46. The fourth-order valence-corrected chi connectivity index (χ4v) is 4.77. The molecular formula is C21H24N2O3S. The lowest BCUT2D eigenvalue weighted by atomic mass is 9.84. The predicted molar refractivity (Wildman–Crippen MR) is 107 cm³/mol. The van der Waals surface area contributed by atoms with E-state index in [1.54, 1.807) is 24.3 Å². The number of anilines is 2. The molecule has 6 heteroatoms. The predicted octanol–water partition coefficient (Wildman–Crippen LogP) is 3.79. The van der Waals surface area contributed by atoms with Crippen molar-refractivity contribution in [3.63, 3.8) is 0 Å². The molecule has 0 bridgehead atoms. The average Bonchev–Trinajstić information content (AvgIpc) is 2.99. The highest BCUT2D eigenvalue weighted by Gasteiger charge is 2.33. The number of aryl methyl sites for hydroxylation is 2. The van der Waals surface area contributed by atoms with Crippen LogP contribution in [0.15, 0.2) is 41.3 Å². The molecule has 2 aromatic carbocycles. The van der Waals surface area contributed by atoms with Crippen molar-refractivity contribution in [2.24, 2.45) is 5.92 Å². The summed E-state index contributed by atoms with van der Waals surface area (Å²) in [5.41, 5.74) is 4.49. The fraction of sp³-hybridized carbons (Fsp3) is 0.381. The third-order valence-electron chi connectivity index (χ3n) is 5.74. The van der Waals surface area contributed by atoms with Crippen LogP contribution in [0.25, 0.3) is 0 Å². The van der Waals surface area contributed by atoms with Crippen LogP contribution < -0.4 is 9.62 Å². The summed E-state index contributed by atoms with van der Waals surface area (Å²) in [6.07, 6.45) is 3.76. The maximum atomic E-state index is 12.8. The zero-order valence-electron chi connectivity index (χ0n) is 15.7. The minimum absolute atomic E-state index is 0.144. The van der Waals surface area contributed by atoms with Gasteiger partial charge in [0.1, 0.15) is 0 Å². The third-order valence-corrected chi connectivity index (χ3v) is 7.12. The zero-order chi connectivity index (χ0) is 19.2. The lowest BCUT2D eigenvalue weighted by molar-refractivity contribution is -0.124. The number of benzene rings is 2. The monoisotopic (exact) mass is 384 g/mol. The van der Waals surface area contributed by atoms with Crippen LogP contribution in [-0.2, 0) is 21.2 Å². The molecule has 0 atom stereocenters. The van der Waals surface area contributed by atoms with E-state index in [1.807, 2.05) is 30.9 Å². The van der Waals surface area contributed by atoms with E-state index in [1.165, 1.54) is 0 Å². The smallest absolute Gasteiger partial charge is 0.261 e. The SMILES string of the molecule is Cc1ccc(NS(=O)(=O)c2ccc3c(c2)CCN3C(=O)C2CCC2)cc1C. The van der Waals surface area contributed by atoms with E-state index < -0.39 is 10.0 Å². The maximum absolute atomic E-state index is 12.8. The van der Waals surface area contributed by atoms with Gasteiger partial charge in [0.15, 0.2) is 0 Å². The van der Waals surface area contributed by atoms with Crippen LogP contribution in [0.3, 0.4) is 0 Å². The van der Waals surface area contributed by atoms with Crippen molar-refractivity contribution < 1.29 is 13.2 Å². The third kappa shape index (κ3) is 3.34. The van der Waals surface area contributed by atoms with Crippen LogP contribution in [0.5, 0.6) is 0 Å². The maximum Gasteiger partial charge on any atom is 0.261 e. The number of rotatable bonds is 4. The highest BCUT2D eigenvalue weighted by molar-refractivity contribution is 7.92. The quantitative estimate of drug-likeness (QED) is 0.872. The first kappa shape index (κ1) is 18.0. The molecular weight excluding hydrogens is 360 g/mol. The van der Waals surface area contributed by atoms with Crippen LogP contribution in [0.4, 0.5) is 11.4 Å². The summed E-state index contributed by atoms with van der Waals surface area (Å²) in [6, 6.07) is 10.6. The van der Waals surface area contributed by atoms with Gasteiger partial charge in [-0.3, -0.25) is 9.52 Å². The molecule has 2 aliphatic rings. The normalized spacial score (nSPS) is 16.7. The standard InChI is InChI=1S/C21H24N2O3S/c1-14-6-7-18(12-15(14)2)22-27(25,26)19-8-9-20-17(13-19)10-11-23(20)21(24)16-4-3-5-16/h6-9,12-13,16,22H,3-5,10-11H2,1-2H3. The highest BCUT2D eigenvalue weighted by Crippen LogP contribution is 2.35. The second kappa shape index (κ2) is 6.68. The number of amides is 1. The van der Waals surface area contributed by atoms with Gasteiger partial charge in [0.2, 0.25) is 5.91 Å². The van der Waals surface area contributed by atoms with Crippen molar-refractivity contribution in [2.45, 2.75) is 44.4 Å². The van der Waals surface area contributed by atoms with Crippen molar-refractivity contribution in [3.05, 3.63) is 53.1 Å². The van der Waals surface area contributed by atoms with Gasteiger partial charge in [-0.05, 0) is 80.1 Å². The van der Waals surface area contributed by atoms with Crippen molar-refractivity contribution in [1.82, 2.24) is 0 Å². The van der Waals surface area contributed by atoms with Crippen LogP contribution in [0.1, 0.15) is 36.0 Å². The van der Waals surface area contributed by atoms with Gasteiger partial charge in [0.25, 0.3) is 10.0 Å². The van der Waals surface area contributed by atoms with Crippen molar-refractivity contribution in [2.75, 3.05) is 16.2 Å². The molecule has 1 saturated carbocycles. The molecule has 2 aromatic rings. The second-order valence-corrected chi connectivity index (χ2v) is 9.25. The van der Waals surface area contributed by atoms with Crippen molar-refractivity contribution in [1.29, 1.82) is 0 Å². The molecule has 0 saturated heterocycles. The van der Waals surface area contributed by atoms with Crippen LogP contribution in [0, 0.1) is 19.8 Å². The summed E-state index contributed by atoms with van der Waals surface area (Å²) in [7, 11) is -3.67. The molecule has 0 aromatic heterocycles. The lowest BCUT2D eigenvalue weighted by Gasteiger charge is -2.29. The Bertz CT molecular complexity index is 1010. The Morgan fingerprint density at radius 1 is 1.07 bits per heavy atom. The Labute approximate surface area is 160 Å². The fourth-order valence-electron chi connectivity index (χ4n) is 3.67. The highest BCUT2D eigenvalue weighted by atomic mass is 32.2. The van der Waals surface area contributed by atoms with E-state index in [0.717, 1.165) is 41.6 Å². The van der Waals surface area contributed by atoms with Crippen LogP contribution in [0.2, 0.25) is 0 Å². The van der Waals surface area contributed by atoms with Gasteiger partial charge < -0.3 is 4.90 Å². The number of nitrogens with zero attached hydrogens (tertiary/aromatic N) is 1. The van der Waals surface area contributed by atoms with E-state index in [0.29, 0.717) is 18.7 Å². The van der Waals surface area contributed by atoms with E-state index >= 15 is 0 Å². The van der Waals surface area contributed by atoms with Gasteiger partial charge in [-0.25, -0.2) is 8.42 Å². The zero-order valence-corrected chi connectivity index (χ0v) is 16.5. The molecule has 1 heterocycles. The minimum Gasteiger partial charge on any atom is -0.312 e. The molecule has 5 nitrogen and oxygen atoms in total. The van der Waals surface area contributed by atoms with Crippen molar-refractivity contribution >= 4 is 27.3 Å². The molecule has 1 amide bonds. The molecule has 4 rings (SSSR count). The number of fused-ring (bicyclic) bond motifs is 1. The van der Waals surface area contributed by atoms with Crippen LogP contribution >= 0.6 is 0 Å². The minimum atomic E-state index is -3.67. The first-order chi connectivity index (χ1) is 12.8. The Balaban J connectivity index is 1.57. The molecule has 142 valence electrons. The van der Waals surface area contributed by atoms with E-state index in [2.05, 4.69) is 4.72 Å². The topological polar surface area (TPSA) is 66.5 Å². The average molecular weight is 385 g/mol. The summed E-state index contributed by atoms with van der Waals surface area (Å²) in [4.78, 5) is 14.6. The second-order valence-electron chi connectivity index (χ2n) is 7.56. The number of hydrogen-bond acceptors (Lipinski definition) is 3. The first-order valence-electron chi connectivity index (χ1n) is 9.39. The van der Waals surface area contributed by atoms with E-state index in [-0.39, 0.29) is 16.7 Å². The summed E-state index contributed by atoms with van der Waals surface area (Å²) in [6.45, 7) is 4.58. The molecule has 1 aliphatic carbocycles. The molecule has 1 fully saturated rings. The number of sulfonamides is 1. The number of hydrogen-bond donors (Lipinski definition) is 1. The summed E-state index contributed by atoms with van der Waals surface area (Å²) in [5, 5.41) is 0. The van der Waals surface area contributed by atoms with Gasteiger partial charge in [0.05, 0.1) is 4.90 Å². The molecule has 27 heavy (non-hydrogen) atoms. The lowest BCUT2D eigenvalue weighted by Crippen LogP contribution is -2.37. The molecule has 1 aliphatic heterocycles. The Morgan fingerprint density at radius 2 is 1.85 bits per heavy atom. The Hall–Kier alpha value is -2.34. The number of nitrogens with one attached hydrogen (secondary N) is 1. The summed E-state index contributed by atoms with van der Waals surface area (Å²) in [5.74, 6) is 0.328. The van der Waals surface area contributed by atoms with Gasteiger partial charge >= 0.3 is 0 Å². The molecule has 1 N–H and O–H groups in total. The largest absolute Gasteiger partial charge is 0.312 e. The molecule has 0 radical (unpaired) electrons. The van der Waals surface area contributed by atoms with Crippen molar-refractivity contribution in [3.8, 4) is 0 Å². The van der Waals surface area contributed by atoms with Crippen LogP contribution in [-0.4, -0.2) is 20.9 Å². The van der Waals surface area contributed by atoms with E-state index in [4.69, 9.17) is 0 Å². The summed E-state index contributed by atoms with van der Waals surface area (Å²) >= 11 is 0. The number of carbonyl (C=O) groups excluding carboxylic acids is 1. The first-order valence-corrected chi connectivity index (χ1v) is 10.9. The van der Waals surface area contributed by atoms with Gasteiger partial charge in [-0.15, -0.1) is 0 Å². The van der Waals surface area contributed by atoms with E-state index in [9.17, 15) is 13.2 Å².